The van der Waals surface area contributed by atoms with Gasteiger partial charge in [-0.2, -0.15) is 0 Å². The number of rotatable bonds is 5. The third kappa shape index (κ3) is 4.01. The number of carboxylic acid groups (broad SMARTS) is 1. The number of anilines is 1. The van der Waals surface area contributed by atoms with Crippen LogP contribution in [0.15, 0.2) is 41.3 Å². The van der Waals surface area contributed by atoms with Crippen LogP contribution in [-0.2, 0) is 14.8 Å². The molecule has 0 spiro atoms. The van der Waals surface area contributed by atoms with Gasteiger partial charge in [-0.25, -0.2) is 18.0 Å². The molecule has 0 saturated carbocycles. The van der Waals surface area contributed by atoms with Gasteiger partial charge in [0.05, 0.1) is 42.0 Å². The zero-order valence-electron chi connectivity index (χ0n) is 14.8. The molecule has 2 aromatic rings. The second kappa shape index (κ2) is 7.77. The molecular formula is C18H17NO8S. The zero-order valence-corrected chi connectivity index (χ0v) is 15.6. The van der Waals surface area contributed by atoms with E-state index in [1.165, 1.54) is 43.5 Å². The van der Waals surface area contributed by atoms with E-state index in [4.69, 9.17) is 9.47 Å². The van der Waals surface area contributed by atoms with Gasteiger partial charge in [-0.05, 0) is 24.3 Å². The first-order valence-electron chi connectivity index (χ1n) is 8.20. The normalized spacial score (nSPS) is 13.3. The number of carbonyl (C=O) groups excluding carboxylic acids is 1. The lowest BCUT2D eigenvalue weighted by molar-refractivity contribution is 0.0599. The first kappa shape index (κ1) is 19.5. The van der Waals surface area contributed by atoms with E-state index in [0.29, 0.717) is 19.6 Å². The second-order valence-electron chi connectivity index (χ2n) is 5.82. The van der Waals surface area contributed by atoms with Crippen LogP contribution in [-0.4, -0.2) is 45.8 Å². The van der Waals surface area contributed by atoms with Crippen LogP contribution in [0.1, 0.15) is 27.1 Å². The molecule has 0 aliphatic carbocycles. The van der Waals surface area contributed by atoms with Crippen LogP contribution >= 0.6 is 0 Å². The summed E-state index contributed by atoms with van der Waals surface area (Å²) in [5.74, 6) is -1.44. The lowest BCUT2D eigenvalue weighted by Crippen LogP contribution is -2.16. The van der Waals surface area contributed by atoms with Crippen LogP contribution in [0.2, 0.25) is 0 Å². The predicted molar refractivity (Wildman–Crippen MR) is 97.6 cm³/mol. The predicted octanol–water partition coefficient (Wildman–Crippen LogP) is 2.13. The van der Waals surface area contributed by atoms with Gasteiger partial charge >= 0.3 is 11.9 Å². The SMILES string of the molecule is COC(=O)c1ccc(S(=O)(=O)Nc2cc3c(cc2C(=O)O)OCCCO3)cc1. The van der Waals surface area contributed by atoms with Crippen LogP contribution in [0.5, 0.6) is 11.5 Å². The quantitative estimate of drug-likeness (QED) is 0.722. The Labute approximate surface area is 160 Å². The first-order valence-corrected chi connectivity index (χ1v) is 9.68. The van der Waals surface area contributed by atoms with Crippen molar-refractivity contribution in [2.24, 2.45) is 0 Å². The van der Waals surface area contributed by atoms with Crippen molar-refractivity contribution < 1.29 is 37.3 Å². The molecule has 0 amide bonds. The van der Waals surface area contributed by atoms with E-state index in [0.717, 1.165) is 0 Å². The van der Waals surface area contributed by atoms with Crippen LogP contribution in [0.25, 0.3) is 0 Å². The fraction of sp³-hybridized carbons (Fsp3) is 0.222. The van der Waals surface area contributed by atoms with Gasteiger partial charge in [0, 0.05) is 18.6 Å². The maximum Gasteiger partial charge on any atom is 0.337 e. The summed E-state index contributed by atoms with van der Waals surface area (Å²) in [5, 5.41) is 9.45. The summed E-state index contributed by atoms with van der Waals surface area (Å²) in [6.07, 6.45) is 0.616. The Bertz CT molecular complexity index is 1010. The highest BCUT2D eigenvalue weighted by Crippen LogP contribution is 2.36. The lowest BCUT2D eigenvalue weighted by Gasteiger charge is -2.14. The fourth-order valence-corrected chi connectivity index (χ4v) is 3.63. The van der Waals surface area contributed by atoms with Crippen molar-refractivity contribution in [1.29, 1.82) is 0 Å². The Hall–Kier alpha value is -3.27. The van der Waals surface area contributed by atoms with Gasteiger partial charge in [0.2, 0.25) is 0 Å². The number of carboxylic acids is 1. The number of nitrogens with one attached hydrogen (secondary N) is 1. The van der Waals surface area contributed by atoms with Gasteiger partial charge in [-0.15, -0.1) is 0 Å². The van der Waals surface area contributed by atoms with E-state index in [1.54, 1.807) is 0 Å². The molecule has 0 radical (unpaired) electrons. The molecule has 2 aromatic carbocycles. The van der Waals surface area contributed by atoms with Gasteiger partial charge < -0.3 is 19.3 Å². The topological polar surface area (TPSA) is 128 Å². The molecule has 3 rings (SSSR count). The van der Waals surface area contributed by atoms with E-state index in [1.807, 2.05) is 0 Å². The molecule has 148 valence electrons. The molecule has 0 bridgehead atoms. The standard InChI is InChI=1S/C18H17NO8S/c1-25-18(22)11-3-5-12(6-4-11)28(23,24)19-14-10-16-15(9-13(14)17(20)21)26-7-2-8-27-16/h3-6,9-10,19H,2,7-8H2,1H3,(H,20,21). The van der Waals surface area contributed by atoms with E-state index < -0.39 is 22.0 Å². The Morgan fingerprint density at radius 1 is 1.07 bits per heavy atom. The molecule has 1 aliphatic rings. The summed E-state index contributed by atoms with van der Waals surface area (Å²) in [4.78, 5) is 22.9. The van der Waals surface area contributed by atoms with E-state index in [2.05, 4.69) is 9.46 Å². The van der Waals surface area contributed by atoms with Crippen LogP contribution in [0.4, 0.5) is 5.69 Å². The van der Waals surface area contributed by atoms with Gasteiger partial charge in [0.1, 0.15) is 0 Å². The van der Waals surface area contributed by atoms with Crippen LogP contribution < -0.4 is 14.2 Å². The number of hydrogen-bond acceptors (Lipinski definition) is 7. The van der Waals surface area contributed by atoms with Crippen molar-refractivity contribution in [2.75, 3.05) is 25.0 Å². The number of carbonyl (C=O) groups is 2. The highest BCUT2D eigenvalue weighted by atomic mass is 32.2. The molecule has 9 nitrogen and oxygen atoms in total. The highest BCUT2D eigenvalue weighted by molar-refractivity contribution is 7.92. The van der Waals surface area contributed by atoms with Crippen LogP contribution in [0.3, 0.4) is 0 Å². The van der Waals surface area contributed by atoms with Crippen molar-refractivity contribution in [3.63, 3.8) is 0 Å². The molecule has 10 heteroatoms. The van der Waals surface area contributed by atoms with Gasteiger partial charge in [0.25, 0.3) is 10.0 Å². The number of benzene rings is 2. The molecule has 0 aromatic heterocycles. The monoisotopic (exact) mass is 407 g/mol. The average molecular weight is 407 g/mol. The minimum atomic E-state index is -4.12. The maximum atomic E-state index is 12.7. The Kier molecular flexibility index (Phi) is 5.41. The Morgan fingerprint density at radius 3 is 2.25 bits per heavy atom. The van der Waals surface area contributed by atoms with Crippen LogP contribution in [0, 0.1) is 0 Å². The highest BCUT2D eigenvalue weighted by Gasteiger charge is 2.23. The lowest BCUT2D eigenvalue weighted by atomic mass is 10.1. The summed E-state index contributed by atoms with van der Waals surface area (Å²) < 4.78 is 43.1. The molecule has 0 atom stereocenters. The number of hydrogen-bond donors (Lipinski definition) is 2. The van der Waals surface area contributed by atoms with Crippen molar-refractivity contribution >= 4 is 27.6 Å². The van der Waals surface area contributed by atoms with Crippen molar-refractivity contribution in [3.05, 3.63) is 47.5 Å². The van der Waals surface area contributed by atoms with Gasteiger partial charge in [0.15, 0.2) is 11.5 Å². The van der Waals surface area contributed by atoms with Crippen molar-refractivity contribution in [3.8, 4) is 11.5 Å². The molecule has 28 heavy (non-hydrogen) atoms. The third-order valence-corrected chi connectivity index (χ3v) is 5.33. The summed E-state index contributed by atoms with van der Waals surface area (Å²) >= 11 is 0. The molecule has 0 fully saturated rings. The minimum absolute atomic E-state index is 0.149. The van der Waals surface area contributed by atoms with Gasteiger partial charge in [-0.3, -0.25) is 4.72 Å². The third-order valence-electron chi connectivity index (χ3n) is 3.95. The number of esters is 1. The molecule has 1 heterocycles. The van der Waals surface area contributed by atoms with E-state index >= 15 is 0 Å². The number of aromatic carboxylic acids is 1. The Morgan fingerprint density at radius 2 is 1.68 bits per heavy atom. The number of fused-ring (bicyclic) bond motifs is 1. The Balaban J connectivity index is 1.96. The molecule has 0 unspecified atom stereocenters. The molecule has 0 saturated heterocycles. The largest absolute Gasteiger partial charge is 0.490 e. The summed E-state index contributed by atoms with van der Waals surface area (Å²) in [6, 6.07) is 7.54. The van der Waals surface area contributed by atoms with Gasteiger partial charge in [-0.1, -0.05) is 0 Å². The van der Waals surface area contributed by atoms with E-state index in [9.17, 15) is 23.1 Å². The van der Waals surface area contributed by atoms with E-state index in [-0.39, 0.29) is 33.2 Å². The molecule has 1 aliphatic heterocycles. The number of sulfonamides is 1. The summed E-state index contributed by atoms with van der Waals surface area (Å²) in [6.45, 7) is 0.726. The second-order valence-corrected chi connectivity index (χ2v) is 7.50. The molecule has 2 N–H and O–H groups in total. The summed E-state index contributed by atoms with van der Waals surface area (Å²) in [7, 11) is -2.90. The van der Waals surface area contributed by atoms with Crippen molar-refractivity contribution in [1.82, 2.24) is 0 Å². The molecular weight excluding hydrogens is 390 g/mol. The fourth-order valence-electron chi connectivity index (χ4n) is 2.56. The minimum Gasteiger partial charge on any atom is -0.490 e. The summed E-state index contributed by atoms with van der Waals surface area (Å²) in [5.41, 5.74) is -0.254. The van der Waals surface area contributed by atoms with Crippen molar-refractivity contribution in [2.45, 2.75) is 11.3 Å². The first-order chi connectivity index (χ1) is 13.3. The number of ether oxygens (including phenoxy) is 3. The zero-order chi connectivity index (χ0) is 20.3. The maximum absolute atomic E-state index is 12.7. The average Bonchev–Trinajstić information content (AvgIpc) is 2.91. The smallest absolute Gasteiger partial charge is 0.337 e. The number of methoxy groups -OCH3 is 1.